The summed E-state index contributed by atoms with van der Waals surface area (Å²) in [5.74, 6) is 0. The standard InChI is InChI=1S/C15H14F3N3O3/c16-15(17,18)11-9-21(14(24)20-12(11)22)13(23)19-8-4-7-10-5-2-1-3-6-10/h1-3,5-6,9H,4,7-8H2,(H,19,23)(H,20,22,24). The number of nitrogens with one attached hydrogen (secondary N) is 2. The van der Waals surface area contributed by atoms with E-state index in [9.17, 15) is 27.6 Å². The van der Waals surface area contributed by atoms with Gasteiger partial charge in [-0.3, -0.25) is 9.78 Å². The van der Waals surface area contributed by atoms with Gasteiger partial charge in [-0.2, -0.15) is 13.2 Å². The van der Waals surface area contributed by atoms with Crippen LogP contribution in [0.15, 0.2) is 46.1 Å². The number of nitrogens with zero attached hydrogens (tertiary/aromatic N) is 1. The molecule has 1 aromatic carbocycles. The number of H-pyrrole nitrogens is 1. The van der Waals surface area contributed by atoms with Crippen LogP contribution in [0.1, 0.15) is 17.5 Å². The molecule has 0 saturated carbocycles. The molecule has 6 nitrogen and oxygen atoms in total. The van der Waals surface area contributed by atoms with Gasteiger partial charge in [-0.25, -0.2) is 14.2 Å². The molecule has 0 aliphatic heterocycles. The number of rotatable bonds is 4. The number of alkyl halides is 3. The van der Waals surface area contributed by atoms with E-state index in [1.54, 1.807) is 0 Å². The lowest BCUT2D eigenvalue weighted by Crippen LogP contribution is -2.42. The second kappa shape index (κ2) is 7.16. The molecule has 2 N–H and O–H groups in total. The lowest BCUT2D eigenvalue weighted by molar-refractivity contribution is -0.139. The maximum Gasteiger partial charge on any atom is 0.423 e. The molecule has 1 heterocycles. The van der Waals surface area contributed by atoms with Gasteiger partial charge in [0.1, 0.15) is 5.56 Å². The predicted molar refractivity (Wildman–Crippen MR) is 79.9 cm³/mol. The number of carbonyl (C=O) groups is 1. The summed E-state index contributed by atoms with van der Waals surface area (Å²) in [6.45, 7) is 0.167. The smallest absolute Gasteiger partial charge is 0.337 e. The van der Waals surface area contributed by atoms with Gasteiger partial charge in [-0.05, 0) is 18.4 Å². The van der Waals surface area contributed by atoms with Crippen LogP contribution < -0.4 is 16.6 Å². The van der Waals surface area contributed by atoms with E-state index in [1.165, 1.54) is 4.98 Å². The second-order valence-electron chi connectivity index (χ2n) is 4.99. The van der Waals surface area contributed by atoms with Gasteiger partial charge in [0, 0.05) is 12.7 Å². The lowest BCUT2D eigenvalue weighted by atomic mass is 10.1. The summed E-state index contributed by atoms with van der Waals surface area (Å²) in [7, 11) is 0. The Hall–Kier alpha value is -2.84. The number of benzene rings is 1. The third-order valence-electron chi connectivity index (χ3n) is 3.23. The molecule has 0 aliphatic carbocycles. The van der Waals surface area contributed by atoms with Crippen molar-refractivity contribution in [3.05, 3.63) is 68.5 Å². The highest BCUT2D eigenvalue weighted by Crippen LogP contribution is 2.25. The van der Waals surface area contributed by atoms with Crippen LogP contribution >= 0.6 is 0 Å². The molecule has 2 aromatic rings. The number of amides is 1. The summed E-state index contributed by atoms with van der Waals surface area (Å²) in [4.78, 5) is 36.0. The molecule has 24 heavy (non-hydrogen) atoms. The summed E-state index contributed by atoms with van der Waals surface area (Å²) in [5.41, 5.74) is -3.37. The summed E-state index contributed by atoms with van der Waals surface area (Å²) in [6, 6.07) is 8.38. The van der Waals surface area contributed by atoms with E-state index >= 15 is 0 Å². The van der Waals surface area contributed by atoms with Crippen molar-refractivity contribution in [2.24, 2.45) is 0 Å². The van der Waals surface area contributed by atoms with Crippen LogP contribution in [0.25, 0.3) is 0 Å². The van der Waals surface area contributed by atoms with E-state index in [-0.39, 0.29) is 17.3 Å². The maximum absolute atomic E-state index is 12.7. The molecular formula is C15H14F3N3O3. The number of hydrogen-bond acceptors (Lipinski definition) is 3. The molecule has 9 heteroatoms. The van der Waals surface area contributed by atoms with E-state index in [2.05, 4.69) is 5.32 Å². The second-order valence-corrected chi connectivity index (χ2v) is 4.99. The molecule has 2 rings (SSSR count). The maximum atomic E-state index is 12.7. The normalized spacial score (nSPS) is 11.3. The lowest BCUT2D eigenvalue weighted by Gasteiger charge is -2.10. The van der Waals surface area contributed by atoms with Crippen molar-refractivity contribution in [1.29, 1.82) is 0 Å². The van der Waals surface area contributed by atoms with Gasteiger partial charge in [0.2, 0.25) is 0 Å². The van der Waals surface area contributed by atoms with E-state index in [0.717, 1.165) is 5.56 Å². The van der Waals surface area contributed by atoms with Gasteiger partial charge in [-0.15, -0.1) is 0 Å². The largest absolute Gasteiger partial charge is 0.423 e. The van der Waals surface area contributed by atoms with E-state index in [1.807, 2.05) is 30.3 Å². The van der Waals surface area contributed by atoms with Crippen LogP contribution in [-0.4, -0.2) is 22.1 Å². The zero-order valence-electron chi connectivity index (χ0n) is 12.4. The monoisotopic (exact) mass is 341 g/mol. The Morgan fingerprint density at radius 2 is 1.83 bits per heavy atom. The van der Waals surface area contributed by atoms with Crippen molar-refractivity contribution in [2.45, 2.75) is 19.0 Å². The van der Waals surface area contributed by atoms with Crippen molar-refractivity contribution in [1.82, 2.24) is 14.9 Å². The first-order chi connectivity index (χ1) is 11.3. The minimum absolute atomic E-state index is 0.167. The quantitative estimate of drug-likeness (QED) is 0.831. The molecule has 1 aromatic heterocycles. The first-order valence-electron chi connectivity index (χ1n) is 7.04. The zero-order valence-corrected chi connectivity index (χ0v) is 12.4. The Morgan fingerprint density at radius 3 is 2.46 bits per heavy atom. The van der Waals surface area contributed by atoms with Crippen molar-refractivity contribution in [2.75, 3.05) is 6.54 Å². The molecular weight excluding hydrogens is 327 g/mol. The minimum atomic E-state index is -4.96. The van der Waals surface area contributed by atoms with Gasteiger partial charge < -0.3 is 5.32 Å². The molecule has 0 radical (unpaired) electrons. The Labute approximate surface area is 133 Å². The number of aromatic nitrogens is 2. The first kappa shape index (κ1) is 17.5. The molecule has 0 bridgehead atoms. The third kappa shape index (κ3) is 4.34. The van der Waals surface area contributed by atoms with Crippen LogP contribution in [0.3, 0.4) is 0 Å². The number of carbonyl (C=O) groups excluding carboxylic acids is 1. The molecule has 0 saturated heterocycles. The van der Waals surface area contributed by atoms with Gasteiger partial charge in [0.15, 0.2) is 0 Å². The number of aryl methyl sites for hydroxylation is 1. The van der Waals surface area contributed by atoms with Crippen molar-refractivity contribution in [3.8, 4) is 0 Å². The molecule has 1 amide bonds. The van der Waals surface area contributed by atoms with Crippen LogP contribution in [-0.2, 0) is 12.6 Å². The van der Waals surface area contributed by atoms with Crippen molar-refractivity contribution >= 4 is 6.03 Å². The average molecular weight is 341 g/mol. The van der Waals surface area contributed by atoms with Crippen LogP contribution in [0.5, 0.6) is 0 Å². The Kier molecular flexibility index (Phi) is 5.22. The highest BCUT2D eigenvalue weighted by Gasteiger charge is 2.35. The van der Waals surface area contributed by atoms with Gasteiger partial charge in [0.25, 0.3) is 5.56 Å². The Balaban J connectivity index is 2.02. The summed E-state index contributed by atoms with van der Waals surface area (Å²) >= 11 is 0. The third-order valence-corrected chi connectivity index (χ3v) is 3.23. The number of halogens is 3. The predicted octanol–water partition coefficient (Wildman–Crippen LogP) is 1.75. The molecule has 0 fully saturated rings. The van der Waals surface area contributed by atoms with E-state index in [4.69, 9.17) is 0 Å². The molecule has 0 unspecified atom stereocenters. The van der Waals surface area contributed by atoms with E-state index in [0.29, 0.717) is 12.8 Å². The number of aromatic amines is 1. The average Bonchev–Trinajstić information content (AvgIpc) is 2.51. The fourth-order valence-corrected chi connectivity index (χ4v) is 2.04. The molecule has 0 spiro atoms. The van der Waals surface area contributed by atoms with Crippen LogP contribution in [0.2, 0.25) is 0 Å². The van der Waals surface area contributed by atoms with Crippen molar-refractivity contribution in [3.63, 3.8) is 0 Å². The van der Waals surface area contributed by atoms with Gasteiger partial charge >= 0.3 is 17.9 Å². The fourth-order valence-electron chi connectivity index (χ4n) is 2.04. The Bertz CT molecular complexity index is 826. The highest BCUT2D eigenvalue weighted by atomic mass is 19.4. The van der Waals surface area contributed by atoms with E-state index < -0.39 is 29.0 Å². The topological polar surface area (TPSA) is 84.0 Å². The van der Waals surface area contributed by atoms with Gasteiger partial charge in [-0.1, -0.05) is 30.3 Å². The van der Waals surface area contributed by atoms with Crippen LogP contribution in [0.4, 0.5) is 18.0 Å². The highest BCUT2D eigenvalue weighted by molar-refractivity contribution is 5.76. The molecule has 0 aliphatic rings. The molecule has 128 valence electrons. The van der Waals surface area contributed by atoms with Crippen molar-refractivity contribution < 1.29 is 18.0 Å². The first-order valence-corrected chi connectivity index (χ1v) is 7.04. The van der Waals surface area contributed by atoms with Gasteiger partial charge in [0.05, 0.1) is 0 Å². The fraction of sp³-hybridized carbons (Fsp3) is 0.267. The zero-order chi connectivity index (χ0) is 17.7. The SMILES string of the molecule is O=C(NCCCc1ccccc1)n1cc(C(F)(F)F)c(=O)[nH]c1=O. The summed E-state index contributed by atoms with van der Waals surface area (Å²) < 4.78 is 38.2. The van der Waals surface area contributed by atoms with Crippen LogP contribution in [0, 0.1) is 0 Å². The summed E-state index contributed by atoms with van der Waals surface area (Å²) in [6.07, 6.45) is -3.56. The summed E-state index contributed by atoms with van der Waals surface area (Å²) in [5, 5.41) is 2.34. The Morgan fingerprint density at radius 1 is 1.17 bits per heavy atom. The minimum Gasteiger partial charge on any atom is -0.337 e. The number of hydrogen-bond donors (Lipinski definition) is 2. The molecule has 0 atom stereocenters.